The first kappa shape index (κ1) is 12.3. The molecule has 16 heavy (non-hydrogen) atoms. The highest BCUT2D eigenvalue weighted by Gasteiger charge is 2.29. The Balaban J connectivity index is 2.79. The number of hydrogen-bond donors (Lipinski definition) is 0. The molecule has 0 N–H and O–H groups in total. The van der Waals surface area contributed by atoms with Crippen LogP contribution in [0.3, 0.4) is 0 Å². The molecule has 9 heteroatoms. The van der Waals surface area contributed by atoms with Crippen molar-refractivity contribution >= 4 is 0 Å². The topological polar surface area (TPSA) is 66.4 Å². The van der Waals surface area contributed by atoms with Crippen LogP contribution in [-0.4, -0.2) is 42.0 Å². The molecule has 0 amide bonds. The first-order chi connectivity index (χ1) is 7.44. The van der Waals surface area contributed by atoms with Crippen LogP contribution in [0.5, 0.6) is 18.0 Å². The van der Waals surface area contributed by atoms with E-state index in [-0.39, 0.29) is 12.0 Å². The Hall–Kier alpha value is -1.80. The zero-order valence-corrected chi connectivity index (χ0v) is 8.41. The minimum Gasteiger partial charge on any atom is -0.467 e. The van der Waals surface area contributed by atoms with Gasteiger partial charge in [0.2, 0.25) is 0 Å². The first-order valence-corrected chi connectivity index (χ1v) is 3.98. The third kappa shape index (κ3) is 3.75. The SMILES string of the molecule is COc1nc(OC)nc(OCC(F)(F)F)n1. The Morgan fingerprint density at radius 1 is 0.938 bits per heavy atom. The molecule has 0 saturated carbocycles. The monoisotopic (exact) mass is 239 g/mol. The van der Waals surface area contributed by atoms with E-state index in [1.54, 1.807) is 0 Å². The molecule has 1 heterocycles. The summed E-state index contributed by atoms with van der Waals surface area (Å²) in [5.74, 6) is 0. The summed E-state index contributed by atoms with van der Waals surface area (Å²) in [6.07, 6.45) is -4.47. The smallest absolute Gasteiger partial charge is 0.422 e. The number of methoxy groups -OCH3 is 2. The van der Waals surface area contributed by atoms with Gasteiger partial charge in [-0.1, -0.05) is 0 Å². The van der Waals surface area contributed by atoms with Gasteiger partial charge in [0.05, 0.1) is 14.2 Å². The number of nitrogens with zero attached hydrogens (tertiary/aromatic N) is 3. The van der Waals surface area contributed by atoms with Crippen LogP contribution >= 0.6 is 0 Å². The number of rotatable bonds is 4. The summed E-state index contributed by atoms with van der Waals surface area (Å²) in [6.45, 7) is -1.50. The molecule has 1 aromatic rings. The molecule has 0 atom stereocenters. The van der Waals surface area contributed by atoms with Gasteiger partial charge in [-0.3, -0.25) is 0 Å². The number of hydrogen-bond acceptors (Lipinski definition) is 6. The van der Waals surface area contributed by atoms with Crippen LogP contribution in [0.4, 0.5) is 13.2 Å². The Morgan fingerprint density at radius 2 is 1.38 bits per heavy atom. The van der Waals surface area contributed by atoms with Crippen molar-refractivity contribution in [1.82, 2.24) is 15.0 Å². The zero-order chi connectivity index (χ0) is 12.2. The Labute approximate surface area is 88.4 Å². The van der Waals surface area contributed by atoms with E-state index >= 15 is 0 Å². The van der Waals surface area contributed by atoms with Crippen LogP contribution < -0.4 is 14.2 Å². The van der Waals surface area contributed by atoms with Crippen molar-refractivity contribution < 1.29 is 27.4 Å². The summed E-state index contributed by atoms with van der Waals surface area (Å²) in [5.41, 5.74) is 0. The van der Waals surface area contributed by atoms with E-state index in [9.17, 15) is 13.2 Å². The van der Waals surface area contributed by atoms with Crippen LogP contribution in [0.1, 0.15) is 0 Å². The summed E-state index contributed by atoms with van der Waals surface area (Å²) in [7, 11) is 2.50. The normalized spacial score (nSPS) is 11.1. The van der Waals surface area contributed by atoms with Crippen LogP contribution in [-0.2, 0) is 0 Å². The Bertz CT molecular complexity index is 336. The quantitative estimate of drug-likeness (QED) is 0.775. The number of ether oxygens (including phenoxy) is 3. The fourth-order valence-corrected chi connectivity index (χ4v) is 0.714. The van der Waals surface area contributed by atoms with E-state index in [2.05, 4.69) is 29.2 Å². The van der Waals surface area contributed by atoms with Crippen LogP contribution in [0.25, 0.3) is 0 Å². The predicted molar refractivity (Wildman–Crippen MR) is 44.5 cm³/mol. The van der Waals surface area contributed by atoms with Gasteiger partial charge in [0.15, 0.2) is 6.61 Å². The third-order valence-electron chi connectivity index (χ3n) is 1.30. The predicted octanol–water partition coefficient (Wildman–Crippen LogP) is 0.830. The summed E-state index contributed by atoms with van der Waals surface area (Å²) in [4.78, 5) is 10.5. The van der Waals surface area contributed by atoms with E-state index in [4.69, 9.17) is 0 Å². The molecule has 0 saturated heterocycles. The highest BCUT2D eigenvalue weighted by Crippen LogP contribution is 2.18. The second kappa shape index (κ2) is 4.81. The van der Waals surface area contributed by atoms with Crippen molar-refractivity contribution in [3.63, 3.8) is 0 Å². The van der Waals surface area contributed by atoms with Gasteiger partial charge in [-0.25, -0.2) is 0 Å². The molecular formula is C7H8F3N3O3. The van der Waals surface area contributed by atoms with Gasteiger partial charge in [0.25, 0.3) is 0 Å². The van der Waals surface area contributed by atoms with Gasteiger partial charge < -0.3 is 14.2 Å². The zero-order valence-electron chi connectivity index (χ0n) is 8.41. The minimum absolute atomic E-state index is 0.191. The maximum atomic E-state index is 11.8. The number of alkyl halides is 3. The Morgan fingerprint density at radius 3 is 1.75 bits per heavy atom. The molecule has 0 aliphatic carbocycles. The molecule has 0 aliphatic rings. The maximum absolute atomic E-state index is 11.8. The highest BCUT2D eigenvalue weighted by atomic mass is 19.4. The lowest BCUT2D eigenvalue weighted by Gasteiger charge is -2.08. The number of aromatic nitrogens is 3. The molecule has 0 aliphatic heterocycles. The van der Waals surface area contributed by atoms with Crippen LogP contribution in [0.15, 0.2) is 0 Å². The highest BCUT2D eigenvalue weighted by molar-refractivity contribution is 5.08. The molecule has 90 valence electrons. The van der Waals surface area contributed by atoms with Crippen molar-refractivity contribution in [1.29, 1.82) is 0 Å². The van der Waals surface area contributed by atoms with Crippen molar-refractivity contribution in [2.75, 3.05) is 20.8 Å². The number of halogens is 3. The molecule has 6 nitrogen and oxygen atoms in total. The molecule has 0 radical (unpaired) electrons. The molecule has 0 bridgehead atoms. The van der Waals surface area contributed by atoms with Crippen molar-refractivity contribution in [2.24, 2.45) is 0 Å². The molecule has 0 aromatic carbocycles. The van der Waals surface area contributed by atoms with Crippen molar-refractivity contribution in [3.8, 4) is 18.0 Å². The summed E-state index contributed by atoms with van der Waals surface area (Å²) in [6, 6.07) is -0.894. The molecule has 0 spiro atoms. The molecule has 1 rings (SSSR count). The largest absolute Gasteiger partial charge is 0.467 e. The lowest BCUT2D eigenvalue weighted by atomic mass is 10.7. The second-order valence-corrected chi connectivity index (χ2v) is 2.50. The molecule has 0 unspecified atom stereocenters. The maximum Gasteiger partial charge on any atom is 0.422 e. The Kier molecular flexibility index (Phi) is 3.69. The standard InChI is InChI=1S/C7H8F3N3O3/c1-14-4-11-5(15-2)13-6(12-4)16-3-7(8,9)10/h3H2,1-2H3. The van der Waals surface area contributed by atoms with E-state index in [1.807, 2.05) is 0 Å². The molecular weight excluding hydrogens is 231 g/mol. The van der Waals surface area contributed by atoms with Crippen molar-refractivity contribution in [2.45, 2.75) is 6.18 Å². The van der Waals surface area contributed by atoms with Gasteiger partial charge in [-0.15, -0.1) is 15.0 Å². The van der Waals surface area contributed by atoms with Crippen molar-refractivity contribution in [3.05, 3.63) is 0 Å². The molecule has 0 fully saturated rings. The fraction of sp³-hybridized carbons (Fsp3) is 0.571. The average molecular weight is 239 g/mol. The van der Waals surface area contributed by atoms with E-state index in [0.717, 1.165) is 0 Å². The summed E-state index contributed by atoms with van der Waals surface area (Å²) < 4.78 is 49.1. The van der Waals surface area contributed by atoms with Gasteiger partial charge in [-0.2, -0.15) is 13.2 Å². The summed E-state index contributed by atoms with van der Waals surface area (Å²) in [5, 5.41) is 0. The second-order valence-electron chi connectivity index (χ2n) is 2.50. The minimum atomic E-state index is -4.47. The lowest BCUT2D eigenvalue weighted by Crippen LogP contribution is -2.20. The van der Waals surface area contributed by atoms with Gasteiger partial charge in [0.1, 0.15) is 0 Å². The van der Waals surface area contributed by atoms with E-state index < -0.39 is 18.8 Å². The lowest BCUT2D eigenvalue weighted by molar-refractivity contribution is -0.154. The first-order valence-electron chi connectivity index (χ1n) is 3.98. The van der Waals surface area contributed by atoms with Gasteiger partial charge >= 0.3 is 24.2 Å². The van der Waals surface area contributed by atoms with E-state index in [0.29, 0.717) is 0 Å². The van der Waals surface area contributed by atoms with E-state index in [1.165, 1.54) is 14.2 Å². The van der Waals surface area contributed by atoms with Crippen LogP contribution in [0, 0.1) is 0 Å². The van der Waals surface area contributed by atoms with Gasteiger partial charge in [0, 0.05) is 0 Å². The average Bonchev–Trinajstić information content (AvgIpc) is 2.25. The summed E-state index contributed by atoms with van der Waals surface area (Å²) >= 11 is 0. The molecule has 1 aromatic heterocycles. The van der Waals surface area contributed by atoms with Gasteiger partial charge in [-0.05, 0) is 0 Å². The fourth-order valence-electron chi connectivity index (χ4n) is 0.714. The van der Waals surface area contributed by atoms with Crippen LogP contribution in [0.2, 0.25) is 0 Å². The third-order valence-corrected chi connectivity index (χ3v) is 1.30.